The minimum Gasteiger partial charge on any atom is -0.461 e. The Morgan fingerprint density at radius 3 is 1.86 bits per heavy atom. The Bertz CT molecular complexity index is 1160. The van der Waals surface area contributed by atoms with Gasteiger partial charge in [-0.15, -0.1) is 11.8 Å². The molecular weight excluding hydrogens is 484 g/mol. The van der Waals surface area contributed by atoms with E-state index in [9.17, 15) is 19.5 Å². The first-order valence-corrected chi connectivity index (χ1v) is 12.1. The minimum absolute atomic E-state index is 0.0256. The molecule has 36 heavy (non-hydrogen) atoms. The summed E-state index contributed by atoms with van der Waals surface area (Å²) < 4.78 is 21.6. The summed E-state index contributed by atoms with van der Waals surface area (Å²) in [6.45, 7) is -0.205. The lowest BCUT2D eigenvalue weighted by molar-refractivity contribution is -0.0675. The van der Waals surface area contributed by atoms with Gasteiger partial charge in [-0.05, 0) is 29.8 Å². The van der Waals surface area contributed by atoms with Gasteiger partial charge in [-0.1, -0.05) is 66.7 Å². The molecule has 8 nitrogen and oxygen atoms in total. The van der Waals surface area contributed by atoms with Crippen molar-refractivity contribution in [3.63, 3.8) is 0 Å². The molecule has 1 fully saturated rings. The van der Waals surface area contributed by atoms with Crippen LogP contribution in [-0.4, -0.2) is 52.7 Å². The Balaban J connectivity index is 1.44. The highest BCUT2D eigenvalue weighted by molar-refractivity contribution is 8.00. The van der Waals surface area contributed by atoms with Crippen LogP contribution in [0.4, 0.5) is 4.79 Å². The van der Waals surface area contributed by atoms with Gasteiger partial charge >= 0.3 is 18.1 Å². The molecule has 4 rings (SSSR count). The standard InChI is InChI=1S/C27H24O8S/c28-24(19-12-6-2-7-13-19)32-17-21-22(34-25(29)20-14-8-3-9-15-20)23(26(30)36-21)35-27(31)33-16-18-10-4-1-5-11-18/h1-15,21-23,26,30H,16-17H2/t21-,22+,23-,26?/m1/s1. The highest BCUT2D eigenvalue weighted by Crippen LogP contribution is 2.37. The third-order valence-corrected chi connectivity index (χ3v) is 6.66. The summed E-state index contributed by atoms with van der Waals surface area (Å²) >= 11 is 0.981. The summed E-state index contributed by atoms with van der Waals surface area (Å²) in [5.74, 6) is -1.23. The fourth-order valence-electron chi connectivity index (χ4n) is 3.55. The molecule has 1 heterocycles. The monoisotopic (exact) mass is 508 g/mol. The minimum atomic E-state index is -1.23. The number of carbonyl (C=O) groups excluding carboxylic acids is 3. The zero-order valence-corrected chi connectivity index (χ0v) is 19.9. The number of hydrogen-bond donors (Lipinski definition) is 1. The maximum atomic E-state index is 12.8. The van der Waals surface area contributed by atoms with Crippen molar-refractivity contribution < 1.29 is 38.4 Å². The third-order valence-electron chi connectivity index (χ3n) is 5.36. The normalized spacial score (nSPS) is 20.8. The summed E-state index contributed by atoms with van der Waals surface area (Å²) in [5, 5.41) is 9.94. The number of carbonyl (C=O) groups is 3. The highest BCUT2D eigenvalue weighted by atomic mass is 32.2. The Kier molecular flexibility index (Phi) is 8.59. The van der Waals surface area contributed by atoms with Gasteiger partial charge < -0.3 is 24.1 Å². The molecule has 0 bridgehead atoms. The molecule has 186 valence electrons. The molecular formula is C27H24O8S. The Morgan fingerprint density at radius 2 is 1.25 bits per heavy atom. The van der Waals surface area contributed by atoms with Crippen LogP contribution < -0.4 is 0 Å². The van der Waals surface area contributed by atoms with Gasteiger partial charge in [0.1, 0.15) is 18.6 Å². The SMILES string of the molecule is O=C(OCc1ccccc1)O[C@H]1C(O)S[C@H](COC(=O)c2ccccc2)[C@@H]1OC(=O)c1ccccc1. The number of aliphatic hydroxyl groups excluding tert-OH is 1. The molecule has 1 aliphatic rings. The number of ether oxygens (including phenoxy) is 4. The fraction of sp³-hybridized carbons (Fsp3) is 0.222. The van der Waals surface area contributed by atoms with Gasteiger partial charge in [0, 0.05) is 0 Å². The maximum absolute atomic E-state index is 12.8. The zero-order chi connectivity index (χ0) is 25.3. The first-order valence-electron chi connectivity index (χ1n) is 11.2. The van der Waals surface area contributed by atoms with E-state index in [1.54, 1.807) is 72.8 Å². The predicted molar refractivity (Wildman–Crippen MR) is 131 cm³/mol. The summed E-state index contributed by atoms with van der Waals surface area (Å²) in [6.07, 6.45) is -3.34. The van der Waals surface area contributed by atoms with Crippen LogP contribution in [0, 0.1) is 0 Å². The van der Waals surface area contributed by atoms with Crippen LogP contribution >= 0.6 is 11.8 Å². The van der Waals surface area contributed by atoms with Gasteiger partial charge in [0.25, 0.3) is 0 Å². The van der Waals surface area contributed by atoms with E-state index in [1.807, 2.05) is 18.2 Å². The van der Waals surface area contributed by atoms with E-state index < -0.39 is 41.0 Å². The average Bonchev–Trinajstić information content (AvgIpc) is 3.21. The van der Waals surface area contributed by atoms with Gasteiger partial charge in [-0.2, -0.15) is 0 Å². The molecule has 3 aromatic rings. The van der Waals surface area contributed by atoms with Crippen LogP contribution in [0.15, 0.2) is 91.0 Å². The molecule has 0 spiro atoms. The van der Waals surface area contributed by atoms with Crippen molar-refractivity contribution in [2.24, 2.45) is 0 Å². The van der Waals surface area contributed by atoms with Crippen LogP contribution in [0.2, 0.25) is 0 Å². The van der Waals surface area contributed by atoms with Crippen molar-refractivity contribution in [3.8, 4) is 0 Å². The number of benzene rings is 3. The van der Waals surface area contributed by atoms with Crippen molar-refractivity contribution >= 4 is 29.9 Å². The molecule has 1 N–H and O–H groups in total. The van der Waals surface area contributed by atoms with Gasteiger partial charge in [-0.25, -0.2) is 14.4 Å². The molecule has 4 atom stereocenters. The summed E-state index contributed by atoms with van der Waals surface area (Å²) in [4.78, 5) is 37.6. The van der Waals surface area contributed by atoms with Gasteiger partial charge in [0.15, 0.2) is 12.2 Å². The molecule has 3 aromatic carbocycles. The van der Waals surface area contributed by atoms with E-state index in [-0.39, 0.29) is 18.8 Å². The van der Waals surface area contributed by atoms with Crippen LogP contribution in [0.25, 0.3) is 0 Å². The number of rotatable bonds is 8. The molecule has 1 unspecified atom stereocenters. The Labute approximate surface area is 212 Å². The predicted octanol–water partition coefficient (Wildman–Crippen LogP) is 4.22. The van der Waals surface area contributed by atoms with E-state index >= 15 is 0 Å². The third kappa shape index (κ3) is 6.65. The van der Waals surface area contributed by atoms with E-state index in [0.717, 1.165) is 17.3 Å². The zero-order valence-electron chi connectivity index (χ0n) is 19.1. The topological polar surface area (TPSA) is 108 Å². The van der Waals surface area contributed by atoms with E-state index in [1.165, 1.54) is 0 Å². The molecule has 0 radical (unpaired) electrons. The number of aliphatic hydroxyl groups is 1. The quantitative estimate of drug-likeness (QED) is 0.353. The van der Waals surface area contributed by atoms with Gasteiger partial charge in [0.2, 0.25) is 0 Å². The molecule has 0 aliphatic carbocycles. The van der Waals surface area contributed by atoms with Crippen molar-refractivity contribution in [1.29, 1.82) is 0 Å². The van der Waals surface area contributed by atoms with Gasteiger partial charge in [0.05, 0.1) is 16.4 Å². The van der Waals surface area contributed by atoms with E-state index in [4.69, 9.17) is 18.9 Å². The lowest BCUT2D eigenvalue weighted by Crippen LogP contribution is -2.42. The smallest absolute Gasteiger partial charge is 0.461 e. The van der Waals surface area contributed by atoms with Crippen LogP contribution in [0.3, 0.4) is 0 Å². The number of thioether (sulfide) groups is 1. The summed E-state index contributed by atoms with van der Waals surface area (Å²) in [6, 6.07) is 25.7. The largest absolute Gasteiger partial charge is 0.509 e. The van der Waals surface area contributed by atoms with Crippen LogP contribution in [0.5, 0.6) is 0 Å². The lowest BCUT2D eigenvalue weighted by atomic mass is 10.1. The molecule has 1 saturated heterocycles. The van der Waals surface area contributed by atoms with Crippen LogP contribution in [-0.2, 0) is 25.6 Å². The number of esters is 2. The van der Waals surface area contributed by atoms with Crippen LogP contribution in [0.1, 0.15) is 26.3 Å². The second-order valence-electron chi connectivity index (χ2n) is 7.87. The van der Waals surface area contributed by atoms with E-state index in [2.05, 4.69) is 0 Å². The fourth-order valence-corrected chi connectivity index (χ4v) is 4.79. The average molecular weight is 509 g/mol. The molecule has 9 heteroatoms. The number of hydrogen-bond acceptors (Lipinski definition) is 9. The first kappa shape index (κ1) is 25.3. The van der Waals surface area contributed by atoms with Crippen molar-refractivity contribution in [2.45, 2.75) is 29.5 Å². The Hall–Kier alpha value is -3.82. The summed E-state index contributed by atoms with van der Waals surface area (Å²) in [5.41, 5.74) is 0.169. The molecule has 1 aliphatic heterocycles. The maximum Gasteiger partial charge on any atom is 0.509 e. The summed E-state index contributed by atoms with van der Waals surface area (Å²) in [7, 11) is 0. The molecule has 0 aromatic heterocycles. The van der Waals surface area contributed by atoms with Gasteiger partial charge in [-0.3, -0.25) is 0 Å². The van der Waals surface area contributed by atoms with E-state index in [0.29, 0.717) is 5.56 Å². The lowest BCUT2D eigenvalue weighted by Gasteiger charge is -2.24. The second-order valence-corrected chi connectivity index (χ2v) is 9.23. The first-order chi connectivity index (χ1) is 17.5. The second kappa shape index (κ2) is 12.2. The van der Waals surface area contributed by atoms with Crippen molar-refractivity contribution in [2.75, 3.05) is 6.61 Å². The van der Waals surface area contributed by atoms with Crippen molar-refractivity contribution in [1.82, 2.24) is 0 Å². The molecule has 0 amide bonds. The molecule has 0 saturated carbocycles. The Morgan fingerprint density at radius 1 is 0.694 bits per heavy atom. The highest BCUT2D eigenvalue weighted by Gasteiger charge is 2.49. The van der Waals surface area contributed by atoms with Crippen molar-refractivity contribution in [3.05, 3.63) is 108 Å².